The number of rotatable bonds is 15. The molecule has 0 rings (SSSR count). The third kappa shape index (κ3) is 37.5. The van der Waals surface area contributed by atoms with Crippen molar-refractivity contribution in [1.82, 2.24) is 0 Å². The molecule has 0 aliphatic carbocycles. The van der Waals surface area contributed by atoms with Gasteiger partial charge >= 0.3 is 0 Å². The van der Waals surface area contributed by atoms with Crippen LogP contribution < -0.4 is 0 Å². The summed E-state index contributed by atoms with van der Waals surface area (Å²) in [4.78, 5) is 0. The van der Waals surface area contributed by atoms with E-state index in [0.717, 1.165) is 0 Å². The minimum absolute atomic E-state index is 1.19. The first-order valence-electron chi connectivity index (χ1n) is 10.6. The molecule has 24 heavy (non-hydrogen) atoms. The summed E-state index contributed by atoms with van der Waals surface area (Å²) >= 11 is 0. The molecule has 0 aromatic heterocycles. The standard InChI is InChI=1S/C14H28.C8H16.C2H4/c1-3-5-7-9-11-13-14-12-10-8-6-4-2;1-3-5-7-8-6-4-2;1-2/h13-14H,3-12H2,1-2H3;3H,1,4-8H2,2H3;1-2H2/b14-13+;;. The van der Waals surface area contributed by atoms with Gasteiger partial charge in [0.05, 0.1) is 0 Å². The van der Waals surface area contributed by atoms with Gasteiger partial charge < -0.3 is 0 Å². The maximum atomic E-state index is 3.66. The summed E-state index contributed by atoms with van der Waals surface area (Å²) in [5.74, 6) is 0. The van der Waals surface area contributed by atoms with Crippen molar-refractivity contribution >= 4 is 0 Å². The van der Waals surface area contributed by atoms with Crippen molar-refractivity contribution in [3.63, 3.8) is 0 Å². The Bertz CT molecular complexity index is 200. The Morgan fingerprint density at radius 2 is 0.833 bits per heavy atom. The molecule has 0 nitrogen and oxygen atoms in total. The molecule has 0 saturated heterocycles. The van der Waals surface area contributed by atoms with Gasteiger partial charge in [-0.05, 0) is 38.5 Å². The van der Waals surface area contributed by atoms with Crippen LogP contribution in [0, 0.1) is 0 Å². The Hall–Kier alpha value is -0.780. The predicted molar refractivity (Wildman–Crippen MR) is 117 cm³/mol. The number of allylic oxidation sites excluding steroid dienone is 3. The van der Waals surface area contributed by atoms with Crippen molar-refractivity contribution in [2.45, 2.75) is 117 Å². The number of unbranched alkanes of at least 4 members (excludes halogenated alkanes) is 12. The molecule has 0 heteroatoms. The molecule has 0 aliphatic heterocycles. The van der Waals surface area contributed by atoms with E-state index in [2.05, 4.69) is 52.7 Å². The minimum atomic E-state index is 1.19. The van der Waals surface area contributed by atoms with Gasteiger partial charge in [0.25, 0.3) is 0 Å². The highest BCUT2D eigenvalue weighted by molar-refractivity contribution is 4.81. The minimum Gasteiger partial charge on any atom is -0.106 e. The van der Waals surface area contributed by atoms with Crippen LogP contribution in [0.4, 0.5) is 0 Å². The molecule has 0 spiro atoms. The van der Waals surface area contributed by atoms with Crippen LogP contribution in [0.5, 0.6) is 0 Å². The molecule has 0 atom stereocenters. The predicted octanol–water partition coefficient (Wildman–Crippen LogP) is 9.43. The summed E-state index contributed by atoms with van der Waals surface area (Å²) in [6.45, 7) is 16.4. The molecule has 0 saturated carbocycles. The highest BCUT2D eigenvalue weighted by atomic mass is 13.9. The molecule has 0 unspecified atom stereocenters. The summed E-state index contributed by atoms with van der Waals surface area (Å²) in [6, 6.07) is 0. The maximum Gasteiger partial charge on any atom is -0.0351 e. The fraction of sp³-hybridized carbons (Fsp3) is 0.750. The van der Waals surface area contributed by atoms with Crippen molar-refractivity contribution in [3.8, 4) is 0 Å². The van der Waals surface area contributed by atoms with E-state index in [9.17, 15) is 0 Å². The van der Waals surface area contributed by atoms with Crippen molar-refractivity contribution in [2.24, 2.45) is 0 Å². The van der Waals surface area contributed by atoms with E-state index in [1.807, 2.05) is 6.08 Å². The average molecular weight is 337 g/mol. The lowest BCUT2D eigenvalue weighted by molar-refractivity contribution is 0.665. The lowest BCUT2D eigenvalue weighted by Crippen LogP contribution is -1.75. The Balaban J connectivity index is -0.000000374. The van der Waals surface area contributed by atoms with Crippen LogP contribution >= 0.6 is 0 Å². The lowest BCUT2D eigenvalue weighted by Gasteiger charge is -1.95. The third-order valence-electron chi connectivity index (χ3n) is 3.88. The van der Waals surface area contributed by atoms with Crippen LogP contribution in [0.1, 0.15) is 117 Å². The maximum absolute atomic E-state index is 3.66. The molecule has 0 fully saturated rings. The molecule has 0 aromatic rings. The van der Waals surface area contributed by atoms with Gasteiger partial charge in [0.2, 0.25) is 0 Å². The van der Waals surface area contributed by atoms with Crippen molar-refractivity contribution in [2.75, 3.05) is 0 Å². The molecular weight excluding hydrogens is 288 g/mol. The second-order valence-corrected chi connectivity index (χ2v) is 6.31. The Labute approximate surface area is 155 Å². The van der Waals surface area contributed by atoms with Gasteiger partial charge in [-0.3, -0.25) is 0 Å². The van der Waals surface area contributed by atoms with Crippen LogP contribution in [-0.2, 0) is 0 Å². The third-order valence-corrected chi connectivity index (χ3v) is 3.88. The monoisotopic (exact) mass is 336 g/mol. The number of hydrogen-bond acceptors (Lipinski definition) is 0. The van der Waals surface area contributed by atoms with Gasteiger partial charge in [-0.2, -0.15) is 0 Å². The zero-order valence-electron chi connectivity index (χ0n) is 17.5. The molecule has 0 aromatic carbocycles. The highest BCUT2D eigenvalue weighted by Gasteiger charge is 1.86. The van der Waals surface area contributed by atoms with E-state index in [0.29, 0.717) is 0 Å². The van der Waals surface area contributed by atoms with Gasteiger partial charge in [-0.15, -0.1) is 19.7 Å². The first-order chi connectivity index (χ1) is 11.8. The van der Waals surface area contributed by atoms with Crippen LogP contribution in [0.3, 0.4) is 0 Å². The molecule has 0 amide bonds. The van der Waals surface area contributed by atoms with Gasteiger partial charge in [0.1, 0.15) is 0 Å². The van der Waals surface area contributed by atoms with E-state index in [-0.39, 0.29) is 0 Å². The normalized spacial score (nSPS) is 9.79. The average Bonchev–Trinajstić information content (AvgIpc) is 2.63. The zero-order valence-corrected chi connectivity index (χ0v) is 17.5. The second-order valence-electron chi connectivity index (χ2n) is 6.31. The van der Waals surface area contributed by atoms with E-state index in [1.54, 1.807) is 0 Å². The van der Waals surface area contributed by atoms with E-state index < -0.39 is 0 Å². The first kappa shape index (κ1) is 28.0. The topological polar surface area (TPSA) is 0 Å². The fourth-order valence-electron chi connectivity index (χ4n) is 2.33. The van der Waals surface area contributed by atoms with Crippen LogP contribution in [0.25, 0.3) is 0 Å². The second kappa shape index (κ2) is 33.7. The van der Waals surface area contributed by atoms with Crippen molar-refractivity contribution in [1.29, 1.82) is 0 Å². The molecular formula is C24H48. The Morgan fingerprint density at radius 3 is 1.12 bits per heavy atom. The highest BCUT2D eigenvalue weighted by Crippen LogP contribution is 2.06. The Kier molecular flexibility index (Phi) is 39.4. The molecule has 0 aliphatic rings. The van der Waals surface area contributed by atoms with Gasteiger partial charge in [0, 0.05) is 0 Å². The van der Waals surface area contributed by atoms with E-state index >= 15 is 0 Å². The van der Waals surface area contributed by atoms with Crippen molar-refractivity contribution in [3.05, 3.63) is 38.0 Å². The largest absolute Gasteiger partial charge is 0.106 e. The molecule has 0 bridgehead atoms. The lowest BCUT2D eigenvalue weighted by atomic mass is 10.1. The quantitative estimate of drug-likeness (QED) is 0.206. The smallest absolute Gasteiger partial charge is 0.0351 e. The van der Waals surface area contributed by atoms with Gasteiger partial charge in [0.15, 0.2) is 0 Å². The summed E-state index contributed by atoms with van der Waals surface area (Å²) in [6.07, 6.45) is 27.1. The summed E-state index contributed by atoms with van der Waals surface area (Å²) in [7, 11) is 0. The molecule has 0 heterocycles. The molecule has 0 N–H and O–H groups in total. The Morgan fingerprint density at radius 1 is 0.500 bits per heavy atom. The van der Waals surface area contributed by atoms with E-state index in [1.165, 1.54) is 96.3 Å². The summed E-state index contributed by atoms with van der Waals surface area (Å²) in [5.41, 5.74) is 0. The van der Waals surface area contributed by atoms with Crippen LogP contribution in [0.2, 0.25) is 0 Å². The number of hydrogen-bond donors (Lipinski definition) is 0. The molecule has 0 radical (unpaired) electrons. The summed E-state index contributed by atoms with van der Waals surface area (Å²) in [5, 5.41) is 0. The van der Waals surface area contributed by atoms with Crippen LogP contribution in [0.15, 0.2) is 38.0 Å². The van der Waals surface area contributed by atoms with Crippen molar-refractivity contribution < 1.29 is 0 Å². The van der Waals surface area contributed by atoms with Gasteiger partial charge in [-0.25, -0.2) is 0 Å². The van der Waals surface area contributed by atoms with E-state index in [4.69, 9.17) is 0 Å². The first-order valence-corrected chi connectivity index (χ1v) is 10.6. The fourth-order valence-corrected chi connectivity index (χ4v) is 2.33. The zero-order chi connectivity index (χ0) is 18.7. The van der Waals surface area contributed by atoms with Crippen LogP contribution in [-0.4, -0.2) is 0 Å². The SMILES string of the molecule is C=C.C=CCCCCCC.CCCCCC/C=C/CCCCCC. The molecule has 144 valence electrons. The summed E-state index contributed by atoms with van der Waals surface area (Å²) < 4.78 is 0. The van der Waals surface area contributed by atoms with Gasteiger partial charge in [-0.1, -0.05) is 96.8 Å².